The highest BCUT2D eigenvalue weighted by atomic mass is 16.7. The molecule has 0 spiro atoms. The number of nitrogens with two attached hydrogens (primary N) is 2. The summed E-state index contributed by atoms with van der Waals surface area (Å²) in [5.41, 5.74) is 11.8. The average molecular weight is 1120 g/mol. The maximum atomic E-state index is 14.5. The Morgan fingerprint density at radius 3 is 1.82 bits per heavy atom. The Bertz CT molecular complexity index is 1990. The van der Waals surface area contributed by atoms with Gasteiger partial charge in [0.05, 0.1) is 85.5 Å². The predicted molar refractivity (Wildman–Crippen MR) is 298 cm³/mol. The van der Waals surface area contributed by atoms with E-state index in [4.69, 9.17) is 30.4 Å². The summed E-state index contributed by atoms with van der Waals surface area (Å²) < 4.78 is 24.7. The number of ether oxygens (including phenoxy) is 4. The lowest BCUT2D eigenvalue weighted by atomic mass is 9.81. The molecule has 2 bridgehead atoms. The number of hydrogen-bond acceptors (Lipinski definition) is 20. The molecule has 0 aliphatic carbocycles. The van der Waals surface area contributed by atoms with Crippen LogP contribution in [-0.2, 0) is 28.5 Å². The predicted octanol–water partition coefficient (Wildman–Crippen LogP) is 0.442. The number of allylic oxidation sites excluding steroid dienone is 12. The van der Waals surface area contributed by atoms with Gasteiger partial charge in [-0.15, -0.1) is 0 Å². The van der Waals surface area contributed by atoms with Gasteiger partial charge in [-0.25, -0.2) is 0 Å². The maximum Gasteiger partial charge on any atom is 0.308 e. The van der Waals surface area contributed by atoms with Crippen LogP contribution < -0.4 is 11.5 Å². The molecule has 0 unspecified atom stereocenters. The van der Waals surface area contributed by atoms with Gasteiger partial charge in [0.25, 0.3) is 0 Å². The summed E-state index contributed by atoms with van der Waals surface area (Å²) in [4.78, 5) is 32.9. The van der Waals surface area contributed by atoms with E-state index >= 15 is 0 Å². The number of hydrogen-bond donors (Lipinski definition) is 12. The van der Waals surface area contributed by atoms with Crippen LogP contribution >= 0.6 is 0 Å². The van der Waals surface area contributed by atoms with Crippen LogP contribution in [0.2, 0.25) is 0 Å². The molecule has 0 radical (unpaired) electrons. The smallest absolute Gasteiger partial charge is 0.308 e. The van der Waals surface area contributed by atoms with E-state index in [1.165, 1.54) is 0 Å². The SMILES string of the molecule is C[C@@H]1[C@H](O)[C@@H](C)/C=C/C=C/C=C/C=C/C=C/C=C/C=C/[C@H](O[C@@H]2O[C@H](C)[C@@H](O)[C@H](N(CCCN)CCCN)[C@@H]2O)C[C@@H]2O[C@](O)(C[C@@H](O)C[C@@H](O)[C@H](O)CC[C@@H](O)C[C@@H](O)CC(=O)O[C@H]1C)C[C@H](O)[C@H]2C(=O)N1CCN(C)CC1. The summed E-state index contributed by atoms with van der Waals surface area (Å²) in [6, 6.07) is -0.840. The van der Waals surface area contributed by atoms with Crippen LogP contribution in [0.4, 0.5) is 0 Å². The van der Waals surface area contributed by atoms with E-state index in [1.807, 2.05) is 73.6 Å². The third-order valence-electron chi connectivity index (χ3n) is 15.5. The molecule has 0 aromatic heterocycles. The van der Waals surface area contributed by atoms with E-state index in [9.17, 15) is 60.7 Å². The van der Waals surface area contributed by atoms with E-state index in [1.54, 1.807) is 56.1 Å². The van der Waals surface area contributed by atoms with Gasteiger partial charge >= 0.3 is 5.97 Å². The van der Waals surface area contributed by atoms with Crippen molar-refractivity contribution in [2.24, 2.45) is 29.2 Å². The zero-order valence-corrected chi connectivity index (χ0v) is 47.1. The topological polar surface area (TPSA) is 335 Å². The first-order valence-corrected chi connectivity index (χ1v) is 28.4. The molecule has 3 fully saturated rings. The normalized spacial score (nSPS) is 41.1. The molecule has 79 heavy (non-hydrogen) atoms. The van der Waals surface area contributed by atoms with E-state index in [0.29, 0.717) is 65.2 Å². The van der Waals surface area contributed by atoms with Gasteiger partial charge in [0.1, 0.15) is 12.2 Å². The van der Waals surface area contributed by atoms with Crippen molar-refractivity contribution in [2.45, 2.75) is 189 Å². The Morgan fingerprint density at radius 1 is 0.671 bits per heavy atom. The highest BCUT2D eigenvalue weighted by Crippen LogP contribution is 2.39. The Morgan fingerprint density at radius 2 is 1.24 bits per heavy atom. The summed E-state index contributed by atoms with van der Waals surface area (Å²) in [7, 11) is 1.94. The molecule has 19 atom stereocenters. The molecule has 4 heterocycles. The van der Waals surface area contributed by atoms with Crippen LogP contribution in [0.15, 0.2) is 85.1 Å². The molecule has 21 heteroatoms. The van der Waals surface area contributed by atoms with Crippen molar-refractivity contribution in [2.75, 3.05) is 59.4 Å². The third-order valence-corrected chi connectivity index (χ3v) is 15.5. The van der Waals surface area contributed by atoms with Gasteiger partial charge in [0, 0.05) is 63.7 Å². The number of likely N-dealkylation sites (N-methyl/N-ethyl adjacent to an activating group) is 1. The molecule has 4 aliphatic heterocycles. The van der Waals surface area contributed by atoms with Crippen LogP contribution in [0, 0.1) is 17.8 Å². The molecule has 14 N–H and O–H groups in total. The second kappa shape index (κ2) is 34.8. The van der Waals surface area contributed by atoms with Crippen molar-refractivity contribution in [3.8, 4) is 0 Å². The minimum Gasteiger partial charge on any atom is -0.462 e. The average Bonchev–Trinajstić information content (AvgIpc) is 3.39. The lowest BCUT2D eigenvalue weighted by Gasteiger charge is -2.48. The van der Waals surface area contributed by atoms with Crippen LogP contribution in [-0.4, -0.2) is 235 Å². The summed E-state index contributed by atoms with van der Waals surface area (Å²) in [6.45, 7) is 10.5. The van der Waals surface area contributed by atoms with Crippen molar-refractivity contribution in [1.82, 2.24) is 14.7 Å². The number of esters is 1. The second-order valence-corrected chi connectivity index (χ2v) is 22.1. The highest BCUT2D eigenvalue weighted by Gasteiger charge is 2.52. The first-order valence-electron chi connectivity index (χ1n) is 28.4. The van der Waals surface area contributed by atoms with Gasteiger partial charge in [-0.05, 0) is 79.2 Å². The number of rotatable bonds is 10. The Hall–Kier alpha value is -3.56. The quantitative estimate of drug-likeness (QED) is 0.132. The number of aliphatic hydroxyl groups is 10. The van der Waals surface area contributed by atoms with Crippen molar-refractivity contribution in [3.05, 3.63) is 85.1 Å². The van der Waals surface area contributed by atoms with Crippen molar-refractivity contribution < 1.29 is 79.6 Å². The van der Waals surface area contributed by atoms with Crippen molar-refractivity contribution >= 4 is 11.9 Å². The number of amides is 1. The largest absolute Gasteiger partial charge is 0.462 e. The molecule has 4 aliphatic rings. The van der Waals surface area contributed by atoms with Gasteiger partial charge in [-0.3, -0.25) is 14.5 Å². The lowest BCUT2D eigenvalue weighted by molar-refractivity contribution is -0.311. The fourth-order valence-electron chi connectivity index (χ4n) is 10.6. The molecule has 1 amide bonds. The van der Waals surface area contributed by atoms with Gasteiger partial charge in [-0.1, -0.05) is 98.9 Å². The number of nitrogens with zero attached hydrogens (tertiary/aromatic N) is 3. The Labute approximate surface area is 467 Å². The van der Waals surface area contributed by atoms with Crippen LogP contribution in [0.3, 0.4) is 0 Å². The van der Waals surface area contributed by atoms with Gasteiger partial charge in [0.15, 0.2) is 12.1 Å². The van der Waals surface area contributed by atoms with Gasteiger partial charge in [-0.2, -0.15) is 0 Å². The number of piperazine rings is 1. The van der Waals surface area contributed by atoms with Crippen molar-refractivity contribution in [3.63, 3.8) is 0 Å². The Kier molecular flexibility index (Phi) is 29.9. The first-order chi connectivity index (χ1) is 37.6. The molecular weight excluding hydrogens is 1020 g/mol. The number of carbonyl (C=O) groups excluding carboxylic acids is 2. The highest BCUT2D eigenvalue weighted by molar-refractivity contribution is 5.80. The summed E-state index contributed by atoms with van der Waals surface area (Å²) in [5.74, 6) is -5.36. The summed E-state index contributed by atoms with van der Waals surface area (Å²) >= 11 is 0. The van der Waals surface area contributed by atoms with E-state index in [-0.39, 0.29) is 31.6 Å². The van der Waals surface area contributed by atoms with Gasteiger partial charge in [0.2, 0.25) is 5.91 Å². The summed E-state index contributed by atoms with van der Waals surface area (Å²) in [5, 5.41) is 113. The molecule has 450 valence electrons. The third kappa shape index (κ3) is 22.6. The molecule has 3 saturated heterocycles. The number of cyclic esters (lactones) is 1. The minimum atomic E-state index is -2.27. The number of aliphatic hydroxyl groups excluding tert-OH is 9. The molecule has 0 aromatic rings. The van der Waals surface area contributed by atoms with Gasteiger partial charge < -0.3 is 91.3 Å². The molecule has 21 nitrogen and oxygen atoms in total. The molecule has 0 aromatic carbocycles. The number of fused-ring (bicyclic) bond motifs is 2. The van der Waals surface area contributed by atoms with Crippen LogP contribution in [0.25, 0.3) is 0 Å². The van der Waals surface area contributed by atoms with E-state index < -0.39 is 147 Å². The fraction of sp³-hybridized carbons (Fsp3) is 0.724. The minimum absolute atomic E-state index is 0.0916. The Balaban J connectivity index is 1.68. The monoisotopic (exact) mass is 1120 g/mol. The fourth-order valence-corrected chi connectivity index (χ4v) is 10.6. The molecule has 4 rings (SSSR count). The standard InChI is InChI=1S/C58H97N5O16/c1-38-20-16-14-12-10-8-6-7-9-11-13-15-17-21-45(78-57-55(73)52(54(72)41(4)77-57)62(26-18-24-59)27-19-25-60)35-49-51(56(74)63-30-28-61(5)29-31-63)48(69)37-58(75,79-49)36-44(66)33-47(68)46(67)23-22-42(64)32-43(65)34-50(70)76-40(3)39(2)53(38)71/h6-17,20-21,38-49,51-55,57,64-69,71-73,75H,18-19,22-37,59-60H2,1-5H3/b7-6+,10-8+,11-9+,14-12+,15-13+,20-16+,21-17+/t38-,39-,40-,41+,42+,43+,44-,45-,46+,47+,48-,49-,51+,52-,53+,54+,55-,57-,58+/m0/s1. The summed E-state index contributed by atoms with van der Waals surface area (Å²) in [6.07, 6.45) is 6.68. The van der Waals surface area contributed by atoms with Crippen LogP contribution in [0.5, 0.6) is 0 Å². The lowest BCUT2D eigenvalue weighted by Crippen LogP contribution is -2.64. The zero-order chi connectivity index (χ0) is 58.2. The maximum absolute atomic E-state index is 14.5. The van der Waals surface area contributed by atoms with Crippen LogP contribution in [0.1, 0.15) is 91.9 Å². The number of carbonyl (C=O) groups is 2. The first kappa shape index (κ1) is 67.9. The van der Waals surface area contributed by atoms with Crippen molar-refractivity contribution in [1.29, 1.82) is 0 Å². The second-order valence-electron chi connectivity index (χ2n) is 22.1. The zero-order valence-electron chi connectivity index (χ0n) is 47.1. The molecule has 0 saturated carbocycles. The van der Waals surface area contributed by atoms with E-state index in [2.05, 4.69) is 4.90 Å². The van der Waals surface area contributed by atoms with E-state index in [0.717, 1.165) is 0 Å². The molecular formula is C58H97N5O16.